The molecule has 1 saturated carbocycles. The molecule has 11 nitrogen and oxygen atoms in total. The third-order valence-electron chi connectivity index (χ3n) is 7.53. The molecule has 0 aromatic carbocycles. The fourth-order valence-corrected chi connectivity index (χ4v) is 5.15. The van der Waals surface area contributed by atoms with Crippen LogP contribution in [0.3, 0.4) is 0 Å². The molecular weight excluding hydrogens is 484 g/mol. The van der Waals surface area contributed by atoms with E-state index in [-0.39, 0.29) is 29.3 Å². The van der Waals surface area contributed by atoms with Gasteiger partial charge in [-0.05, 0) is 50.3 Å². The van der Waals surface area contributed by atoms with Crippen LogP contribution in [0, 0.1) is 5.92 Å². The van der Waals surface area contributed by atoms with Gasteiger partial charge in [0.25, 0.3) is 5.91 Å². The second-order valence-electron chi connectivity index (χ2n) is 10.8. The van der Waals surface area contributed by atoms with E-state index >= 15 is 0 Å². The van der Waals surface area contributed by atoms with Crippen molar-refractivity contribution < 1.29 is 14.7 Å². The number of fused-ring (bicyclic) bond motifs is 1. The van der Waals surface area contributed by atoms with Crippen LogP contribution in [-0.4, -0.2) is 66.6 Å². The summed E-state index contributed by atoms with van der Waals surface area (Å²) in [5, 5.41) is 18.3. The van der Waals surface area contributed by atoms with Crippen LogP contribution in [0.1, 0.15) is 75.8 Å². The average molecular weight is 523 g/mol. The third kappa shape index (κ3) is 5.98. The molecule has 4 heterocycles. The van der Waals surface area contributed by atoms with Crippen LogP contribution in [0.5, 0.6) is 6.01 Å². The first kappa shape index (κ1) is 26.1. The van der Waals surface area contributed by atoms with Crippen molar-refractivity contribution >= 4 is 17.5 Å². The highest BCUT2D eigenvalue weighted by Crippen LogP contribution is 2.25. The summed E-state index contributed by atoms with van der Waals surface area (Å²) in [6.07, 6.45) is 10.4. The Bertz CT molecular complexity index is 1330. The Hall–Kier alpha value is -3.47. The van der Waals surface area contributed by atoms with Crippen LogP contribution in [0.15, 0.2) is 29.5 Å². The number of carbonyl (C=O) groups excluding carboxylic acids is 1. The van der Waals surface area contributed by atoms with Crippen LogP contribution in [-0.2, 0) is 11.3 Å². The van der Waals surface area contributed by atoms with Crippen LogP contribution < -0.4 is 15.5 Å². The molecule has 5 rings (SSSR count). The summed E-state index contributed by atoms with van der Waals surface area (Å²) in [5.74, 6) is 0.558. The van der Waals surface area contributed by atoms with Crippen molar-refractivity contribution in [3.05, 3.63) is 41.1 Å². The number of anilines is 1. The first-order chi connectivity index (χ1) is 18.4. The van der Waals surface area contributed by atoms with Gasteiger partial charge in [0.1, 0.15) is 6.10 Å². The number of aromatic nitrogens is 5. The van der Waals surface area contributed by atoms with Crippen LogP contribution in [0.2, 0.25) is 0 Å². The molecule has 0 unspecified atom stereocenters. The lowest BCUT2D eigenvalue weighted by Crippen LogP contribution is -2.36. The normalized spacial score (nSPS) is 18.4. The summed E-state index contributed by atoms with van der Waals surface area (Å²) in [7, 11) is 2.12. The minimum atomic E-state index is -0.154. The lowest BCUT2D eigenvalue weighted by atomic mass is 9.89. The van der Waals surface area contributed by atoms with E-state index in [4.69, 9.17) is 9.72 Å². The quantitative estimate of drug-likeness (QED) is 0.453. The smallest absolute Gasteiger partial charge is 0.322 e. The average Bonchev–Trinajstić information content (AvgIpc) is 3.35. The Morgan fingerprint density at radius 1 is 1.16 bits per heavy atom. The predicted octanol–water partition coefficient (Wildman–Crippen LogP) is 3.38. The number of nitrogens with one attached hydrogen (secondary N) is 1. The van der Waals surface area contributed by atoms with Gasteiger partial charge in [-0.2, -0.15) is 29.3 Å². The van der Waals surface area contributed by atoms with Crippen molar-refractivity contribution in [1.29, 1.82) is 0 Å². The molecule has 0 radical (unpaired) electrons. The molecule has 0 atom stereocenters. The molecule has 11 heteroatoms. The Balaban J connectivity index is 1.34. The van der Waals surface area contributed by atoms with E-state index in [9.17, 15) is 10.0 Å². The second kappa shape index (κ2) is 11.5. The largest absolute Gasteiger partial charge is 0.460 e. The molecule has 204 valence electrons. The topological polar surface area (TPSA) is 122 Å². The lowest BCUT2D eigenvalue weighted by molar-refractivity contribution is -0.122. The van der Waals surface area contributed by atoms with E-state index in [2.05, 4.69) is 46.2 Å². The number of rotatable bonds is 7. The Kier molecular flexibility index (Phi) is 7.92. The lowest BCUT2D eigenvalue weighted by Gasteiger charge is -2.28. The number of hydrogen-bond acceptors (Lipinski definition) is 8. The minimum Gasteiger partial charge on any atom is -0.460 e. The van der Waals surface area contributed by atoms with E-state index in [1.165, 1.54) is 6.42 Å². The van der Waals surface area contributed by atoms with E-state index in [1.807, 2.05) is 12.3 Å². The van der Waals surface area contributed by atoms with Gasteiger partial charge in [0.2, 0.25) is 5.95 Å². The van der Waals surface area contributed by atoms with Crippen molar-refractivity contribution in [2.75, 3.05) is 25.5 Å². The zero-order valence-electron chi connectivity index (χ0n) is 22.5. The number of ether oxygens (including phenoxy) is 1. The van der Waals surface area contributed by atoms with E-state index in [0.29, 0.717) is 24.2 Å². The molecule has 1 amide bonds. The van der Waals surface area contributed by atoms with Crippen molar-refractivity contribution in [2.24, 2.45) is 10.9 Å². The van der Waals surface area contributed by atoms with E-state index in [1.54, 1.807) is 16.8 Å². The fourth-order valence-electron chi connectivity index (χ4n) is 5.15. The van der Waals surface area contributed by atoms with Gasteiger partial charge in [0, 0.05) is 31.1 Å². The van der Waals surface area contributed by atoms with Gasteiger partial charge in [0.15, 0.2) is 11.1 Å². The highest BCUT2D eigenvalue weighted by Gasteiger charge is 2.22. The van der Waals surface area contributed by atoms with Gasteiger partial charge in [-0.25, -0.2) is 0 Å². The number of piperidine rings is 1. The maximum Gasteiger partial charge on any atom is 0.322 e. The molecule has 3 aromatic heterocycles. The predicted molar refractivity (Wildman–Crippen MR) is 142 cm³/mol. The van der Waals surface area contributed by atoms with Gasteiger partial charge in [-0.3, -0.25) is 4.79 Å². The van der Waals surface area contributed by atoms with Crippen molar-refractivity contribution in [2.45, 2.75) is 77.4 Å². The van der Waals surface area contributed by atoms with Gasteiger partial charge in [-0.1, -0.05) is 39.2 Å². The molecule has 1 aliphatic carbocycles. The van der Waals surface area contributed by atoms with E-state index < -0.39 is 0 Å². The van der Waals surface area contributed by atoms with Crippen molar-refractivity contribution in [3.8, 4) is 6.01 Å². The highest BCUT2D eigenvalue weighted by molar-refractivity contribution is 5.79. The molecule has 2 aliphatic rings. The number of amides is 1. The molecule has 3 aromatic rings. The van der Waals surface area contributed by atoms with Gasteiger partial charge in [-0.15, -0.1) is 0 Å². The maximum atomic E-state index is 12.5. The fraction of sp³-hybridized carbons (Fsp3) is 0.593. The maximum absolute atomic E-state index is 12.5. The summed E-state index contributed by atoms with van der Waals surface area (Å²) < 4.78 is 8.81. The molecule has 0 spiro atoms. The minimum absolute atomic E-state index is 0.0407. The van der Waals surface area contributed by atoms with Crippen LogP contribution in [0.4, 0.5) is 5.95 Å². The Morgan fingerprint density at radius 3 is 2.63 bits per heavy atom. The summed E-state index contributed by atoms with van der Waals surface area (Å²) in [5.41, 5.74) is 2.76. The summed E-state index contributed by atoms with van der Waals surface area (Å²) in [6.45, 7) is 6.55. The monoisotopic (exact) mass is 522 g/mol. The van der Waals surface area contributed by atoms with Crippen molar-refractivity contribution in [3.63, 3.8) is 0 Å². The summed E-state index contributed by atoms with van der Waals surface area (Å²) in [4.78, 5) is 28.4. The first-order valence-electron chi connectivity index (χ1n) is 13.7. The number of carbonyl (C=O) groups is 1. The molecule has 1 saturated heterocycles. The number of nitrogens with zero attached hydrogens (tertiary/aromatic N) is 7. The molecular formula is C27H38N8O3. The van der Waals surface area contributed by atoms with Gasteiger partial charge >= 0.3 is 6.01 Å². The first-order valence-corrected chi connectivity index (χ1v) is 13.7. The second-order valence-corrected chi connectivity index (χ2v) is 10.8. The number of pyridine rings is 1. The SMILES string of the molecule is CC(C)c1cnn2c(NCc3ccc(=NC(=O)C4CCCCC4)n(O)c3)nc(OC3CCN(C)CC3)nc12. The molecule has 2 fully saturated rings. The Morgan fingerprint density at radius 2 is 1.92 bits per heavy atom. The van der Waals surface area contributed by atoms with E-state index in [0.717, 1.165) is 67.5 Å². The van der Waals surface area contributed by atoms with Crippen LogP contribution >= 0.6 is 0 Å². The van der Waals surface area contributed by atoms with Crippen LogP contribution in [0.25, 0.3) is 5.65 Å². The number of hydrogen-bond donors (Lipinski definition) is 2. The van der Waals surface area contributed by atoms with Gasteiger partial charge in [0.05, 0.1) is 12.4 Å². The molecule has 38 heavy (non-hydrogen) atoms. The molecule has 2 N–H and O–H groups in total. The Labute approximate surface area is 222 Å². The molecule has 1 aliphatic heterocycles. The zero-order chi connectivity index (χ0) is 26.6. The third-order valence-corrected chi connectivity index (χ3v) is 7.53. The highest BCUT2D eigenvalue weighted by atomic mass is 16.5. The number of likely N-dealkylation sites (tertiary alicyclic amines) is 1. The summed E-state index contributed by atoms with van der Waals surface area (Å²) >= 11 is 0. The summed E-state index contributed by atoms with van der Waals surface area (Å²) in [6, 6.07) is 3.83. The van der Waals surface area contributed by atoms with Crippen molar-refractivity contribution in [1.82, 2.24) is 29.2 Å². The molecule has 0 bridgehead atoms. The standard InChI is InChI=1S/C27H38N8O3/c1-18(2)22-16-29-35-24(22)31-27(38-21-11-13-33(3)14-12-21)32-26(35)28-15-19-9-10-23(34(37)17-19)30-25(36)20-7-5-4-6-8-20/h9-10,16-18,20-21,37H,4-8,11-15H2,1-3H3,(H,28,31,32). The zero-order valence-corrected chi connectivity index (χ0v) is 22.5. The van der Waals surface area contributed by atoms with Gasteiger partial charge < -0.3 is 20.2 Å².